The first-order chi connectivity index (χ1) is 17.5. The van der Waals surface area contributed by atoms with Crippen LogP contribution in [-0.4, -0.2) is 47.7 Å². The molecule has 0 aliphatic carbocycles. The Labute approximate surface area is 201 Å². The van der Waals surface area contributed by atoms with Crippen molar-refractivity contribution in [3.05, 3.63) is 64.7 Å². The van der Waals surface area contributed by atoms with Crippen LogP contribution in [0.5, 0.6) is 23.0 Å². The molecule has 4 rings (SSSR count). The zero-order chi connectivity index (χ0) is 27.0. The number of pyridine rings is 1. The number of carbonyl (C=O) groups excluding carboxylic acids is 1. The maximum Gasteiger partial charge on any atom is 0.203 e. The Morgan fingerprint density at radius 1 is 1.12 bits per heavy atom. The molecule has 8 nitrogen and oxygen atoms in total. The number of nitrogens with zero attached hydrogens (tertiary/aromatic N) is 3. The molecular weight excluding hydrogens is 441 g/mol. The topological polar surface area (TPSA) is 92.7 Å². The molecule has 34 heavy (non-hydrogen) atoms. The number of hydrogen-bond donors (Lipinski definition) is 0. The Kier molecular flexibility index (Phi) is 5.36. The molecule has 1 atom stereocenters. The van der Waals surface area contributed by atoms with Gasteiger partial charge < -0.3 is 18.9 Å². The van der Waals surface area contributed by atoms with Gasteiger partial charge in [-0.1, -0.05) is 0 Å². The molecule has 3 aromatic rings. The summed E-state index contributed by atoms with van der Waals surface area (Å²) in [5.74, 6) is 0.798. The van der Waals surface area contributed by atoms with Crippen LogP contribution in [-0.2, 0) is 24.1 Å². The third kappa shape index (κ3) is 4.64. The monoisotopic (exact) mass is 470 g/mol. The minimum Gasteiger partial charge on any atom is -0.493 e. The van der Waals surface area contributed by atoms with E-state index in [1.165, 1.54) is 28.3 Å². The number of benzene rings is 1. The number of Topliss-reactive ketones (excluding diaryl/α,β-unsaturated/α-hetero) is 1. The highest BCUT2D eigenvalue weighted by Crippen LogP contribution is 2.38. The van der Waals surface area contributed by atoms with E-state index in [-0.39, 0.29) is 30.7 Å². The molecule has 1 unspecified atom stereocenters. The first-order valence-corrected chi connectivity index (χ1v) is 10.5. The molecule has 2 aromatic heterocycles. The first kappa shape index (κ1) is 19.7. The summed E-state index contributed by atoms with van der Waals surface area (Å²) in [6, 6.07) is 6.67. The van der Waals surface area contributed by atoms with E-state index in [2.05, 4.69) is 15.0 Å². The smallest absolute Gasteiger partial charge is 0.203 e. The van der Waals surface area contributed by atoms with Gasteiger partial charge >= 0.3 is 0 Å². The van der Waals surface area contributed by atoms with Gasteiger partial charge in [0.15, 0.2) is 28.7 Å². The SMILES string of the molecule is [2H]C([2H])([2H])C1(C)Oc2ccc(Cc3nc(Cc4cc(OC)c(OC)c(OC)c4)ncc3F)nc2CC1=O. The van der Waals surface area contributed by atoms with E-state index in [0.717, 1.165) is 11.8 Å². The molecule has 1 aliphatic heterocycles. The van der Waals surface area contributed by atoms with Gasteiger partial charge in [0.2, 0.25) is 5.75 Å². The molecule has 0 N–H and O–H groups in total. The van der Waals surface area contributed by atoms with Gasteiger partial charge in [0.05, 0.1) is 45.3 Å². The van der Waals surface area contributed by atoms with E-state index in [1.807, 2.05) is 0 Å². The molecule has 9 heteroatoms. The third-order valence-corrected chi connectivity index (χ3v) is 5.47. The predicted molar refractivity (Wildman–Crippen MR) is 121 cm³/mol. The highest BCUT2D eigenvalue weighted by atomic mass is 19.1. The Bertz CT molecular complexity index is 1330. The van der Waals surface area contributed by atoms with Crippen molar-refractivity contribution in [2.45, 2.75) is 38.6 Å². The van der Waals surface area contributed by atoms with E-state index in [9.17, 15) is 9.18 Å². The van der Waals surface area contributed by atoms with Crippen molar-refractivity contribution in [1.29, 1.82) is 0 Å². The molecule has 0 saturated carbocycles. The number of methoxy groups -OCH3 is 3. The summed E-state index contributed by atoms with van der Waals surface area (Å²) in [5.41, 5.74) is -0.295. The van der Waals surface area contributed by atoms with E-state index in [4.69, 9.17) is 23.1 Å². The second-order valence-corrected chi connectivity index (χ2v) is 7.95. The lowest BCUT2D eigenvalue weighted by molar-refractivity contribution is -0.132. The van der Waals surface area contributed by atoms with Crippen LogP contribution in [0.4, 0.5) is 4.39 Å². The van der Waals surface area contributed by atoms with Crippen LogP contribution in [0.25, 0.3) is 0 Å². The van der Waals surface area contributed by atoms with Gasteiger partial charge in [-0.2, -0.15) is 0 Å². The van der Waals surface area contributed by atoms with Gasteiger partial charge in [0.1, 0.15) is 11.6 Å². The molecule has 0 amide bonds. The average molecular weight is 471 g/mol. The molecule has 0 saturated heterocycles. The quantitative estimate of drug-likeness (QED) is 0.518. The average Bonchev–Trinajstić information content (AvgIpc) is 2.85. The Hall–Kier alpha value is -3.75. The molecule has 0 spiro atoms. The first-order valence-electron chi connectivity index (χ1n) is 12.0. The fourth-order valence-electron chi connectivity index (χ4n) is 3.69. The lowest BCUT2D eigenvalue weighted by Crippen LogP contribution is -2.43. The van der Waals surface area contributed by atoms with Crippen LogP contribution < -0.4 is 18.9 Å². The third-order valence-electron chi connectivity index (χ3n) is 5.47. The van der Waals surface area contributed by atoms with Crippen LogP contribution in [0.15, 0.2) is 30.5 Å². The Morgan fingerprint density at radius 2 is 1.85 bits per heavy atom. The Morgan fingerprint density at radius 3 is 2.50 bits per heavy atom. The van der Waals surface area contributed by atoms with Gasteiger partial charge in [-0.15, -0.1) is 0 Å². The fraction of sp³-hybridized carbons (Fsp3) is 0.360. The summed E-state index contributed by atoms with van der Waals surface area (Å²) in [6.07, 6.45) is 1.21. The van der Waals surface area contributed by atoms with Crippen molar-refractivity contribution in [1.82, 2.24) is 15.0 Å². The summed E-state index contributed by atoms with van der Waals surface area (Å²) in [4.78, 5) is 25.5. The molecule has 1 aliphatic rings. The van der Waals surface area contributed by atoms with Crippen molar-refractivity contribution in [2.75, 3.05) is 21.3 Å². The van der Waals surface area contributed by atoms with E-state index < -0.39 is 24.1 Å². The minimum atomic E-state index is -2.63. The standard InChI is InChI=1S/C25H26FN3O5/c1-25(2)22(30)12-18-19(34-25)7-6-15(28-18)11-17-16(26)13-27-23(29-17)10-14-8-20(31-3)24(33-5)21(9-14)32-4/h6-9,13H,10-12H2,1-5H3/i1D3. The van der Waals surface area contributed by atoms with Gasteiger partial charge in [0, 0.05) is 22.6 Å². The number of carbonyl (C=O) groups is 1. The minimum absolute atomic E-state index is 0.0363. The van der Waals surface area contributed by atoms with Gasteiger partial charge in [-0.05, 0) is 43.6 Å². The molecule has 0 radical (unpaired) electrons. The number of aromatic nitrogens is 3. The van der Waals surface area contributed by atoms with Crippen LogP contribution in [0.1, 0.15) is 46.4 Å². The molecule has 0 bridgehead atoms. The summed E-state index contributed by atoms with van der Waals surface area (Å²) in [5, 5.41) is 0. The summed E-state index contributed by atoms with van der Waals surface area (Å²) in [7, 11) is 4.54. The van der Waals surface area contributed by atoms with E-state index >= 15 is 0 Å². The molecule has 3 heterocycles. The van der Waals surface area contributed by atoms with Crippen LogP contribution >= 0.6 is 0 Å². The van der Waals surface area contributed by atoms with Gasteiger partial charge in [-0.3, -0.25) is 9.78 Å². The lowest BCUT2D eigenvalue weighted by atomic mass is 9.95. The molecule has 178 valence electrons. The number of hydrogen-bond acceptors (Lipinski definition) is 8. The van der Waals surface area contributed by atoms with Crippen molar-refractivity contribution < 1.29 is 32.2 Å². The van der Waals surface area contributed by atoms with Crippen molar-refractivity contribution >= 4 is 5.78 Å². The number of halogens is 1. The number of rotatable bonds is 7. The lowest BCUT2D eigenvalue weighted by Gasteiger charge is -2.30. The van der Waals surface area contributed by atoms with Crippen molar-refractivity contribution in [3.8, 4) is 23.0 Å². The van der Waals surface area contributed by atoms with Crippen LogP contribution in [0, 0.1) is 5.82 Å². The normalized spacial score (nSPS) is 18.7. The second kappa shape index (κ2) is 9.24. The zero-order valence-corrected chi connectivity index (χ0v) is 19.3. The van der Waals surface area contributed by atoms with E-state index in [0.29, 0.717) is 34.5 Å². The predicted octanol–water partition coefficient (Wildman–Crippen LogP) is 3.50. The van der Waals surface area contributed by atoms with Crippen LogP contribution in [0.3, 0.4) is 0 Å². The second-order valence-electron chi connectivity index (χ2n) is 7.95. The maximum atomic E-state index is 14.6. The number of fused-ring (bicyclic) bond motifs is 1. The summed E-state index contributed by atoms with van der Waals surface area (Å²) in [6.45, 7) is -1.37. The summed E-state index contributed by atoms with van der Waals surface area (Å²) < 4.78 is 59.3. The fourth-order valence-corrected chi connectivity index (χ4v) is 3.69. The highest BCUT2D eigenvalue weighted by molar-refractivity contribution is 5.90. The molecule has 0 fully saturated rings. The number of ether oxygens (including phenoxy) is 4. The molecular formula is C25H26FN3O5. The van der Waals surface area contributed by atoms with Crippen molar-refractivity contribution in [3.63, 3.8) is 0 Å². The largest absolute Gasteiger partial charge is 0.493 e. The van der Waals surface area contributed by atoms with Crippen molar-refractivity contribution in [2.24, 2.45) is 0 Å². The number of ketones is 1. The van der Waals surface area contributed by atoms with Crippen LogP contribution in [0.2, 0.25) is 0 Å². The maximum absolute atomic E-state index is 14.6. The molecule has 1 aromatic carbocycles. The highest BCUT2D eigenvalue weighted by Gasteiger charge is 2.36. The Balaban J connectivity index is 1.58. The summed E-state index contributed by atoms with van der Waals surface area (Å²) >= 11 is 0. The van der Waals surface area contributed by atoms with E-state index in [1.54, 1.807) is 24.3 Å². The van der Waals surface area contributed by atoms with Gasteiger partial charge in [0.25, 0.3) is 0 Å². The van der Waals surface area contributed by atoms with Gasteiger partial charge in [-0.25, -0.2) is 14.4 Å². The zero-order valence-electron chi connectivity index (χ0n) is 22.3.